The number of carbonyl (C=O) groups excluding carboxylic acids is 1. The molecule has 1 fully saturated rings. The van der Waals surface area contributed by atoms with E-state index in [4.69, 9.17) is 9.73 Å². The smallest absolute Gasteiger partial charge is 0.219 e. The maximum Gasteiger partial charge on any atom is 0.219 e. The minimum atomic E-state index is -0.219. The Hall–Kier alpha value is -1.51. The number of carbonyl (C=O) groups is 1. The Bertz CT molecular complexity index is 715. The molecule has 0 bridgehead atoms. The number of para-hydroxylation sites is 1. The van der Waals surface area contributed by atoms with Gasteiger partial charge in [0.05, 0.1) is 6.04 Å². The normalized spacial score (nSPS) is 21.4. The van der Waals surface area contributed by atoms with Gasteiger partial charge in [-0.1, -0.05) is 18.2 Å². The lowest BCUT2D eigenvalue weighted by atomic mass is 9.90. The highest BCUT2D eigenvalue weighted by Crippen LogP contribution is 2.39. The van der Waals surface area contributed by atoms with E-state index >= 15 is 0 Å². The van der Waals surface area contributed by atoms with Crippen LogP contribution in [-0.4, -0.2) is 48.5 Å². The first-order chi connectivity index (χ1) is 13.4. The summed E-state index contributed by atoms with van der Waals surface area (Å²) in [7, 11) is 0. The lowest BCUT2D eigenvalue weighted by Crippen LogP contribution is -2.45. The summed E-state index contributed by atoms with van der Waals surface area (Å²) in [4.78, 5) is 18.3. The van der Waals surface area contributed by atoms with Crippen LogP contribution in [0, 0.1) is 5.92 Å². The highest BCUT2D eigenvalue weighted by Gasteiger charge is 2.34. The number of likely N-dealkylation sites (tertiary alicyclic amines) is 1. The van der Waals surface area contributed by atoms with Crippen molar-refractivity contribution in [1.29, 1.82) is 0 Å². The molecule has 2 N–H and O–H groups in total. The summed E-state index contributed by atoms with van der Waals surface area (Å²) in [6.45, 7) is 11.3. The second kappa shape index (κ2) is 10.5. The van der Waals surface area contributed by atoms with Gasteiger partial charge in [-0.05, 0) is 45.6 Å². The maximum atomic E-state index is 11.5. The van der Waals surface area contributed by atoms with Gasteiger partial charge in [0.15, 0.2) is 5.96 Å². The van der Waals surface area contributed by atoms with Crippen LogP contribution in [0.2, 0.25) is 0 Å². The van der Waals surface area contributed by atoms with E-state index in [0.717, 1.165) is 57.2 Å². The van der Waals surface area contributed by atoms with Crippen molar-refractivity contribution in [2.24, 2.45) is 10.9 Å². The molecule has 1 unspecified atom stereocenters. The van der Waals surface area contributed by atoms with E-state index in [2.05, 4.69) is 43.5 Å². The number of benzene rings is 1. The molecule has 1 aromatic carbocycles. The first-order valence-electron chi connectivity index (χ1n) is 10.5. The summed E-state index contributed by atoms with van der Waals surface area (Å²) in [6, 6.07) is 8.41. The van der Waals surface area contributed by atoms with Crippen LogP contribution in [0.1, 0.15) is 58.6 Å². The van der Waals surface area contributed by atoms with E-state index in [9.17, 15) is 4.79 Å². The fourth-order valence-corrected chi connectivity index (χ4v) is 4.07. The zero-order valence-corrected chi connectivity index (χ0v) is 20.4. The summed E-state index contributed by atoms with van der Waals surface area (Å²) in [5.41, 5.74) is 0.963. The van der Waals surface area contributed by atoms with Crippen LogP contribution < -0.4 is 15.4 Å². The van der Waals surface area contributed by atoms with Gasteiger partial charge in [-0.15, -0.1) is 24.0 Å². The number of halogens is 1. The largest absolute Gasteiger partial charge is 0.487 e. The average molecular weight is 514 g/mol. The molecule has 0 saturated carbocycles. The third kappa shape index (κ3) is 6.49. The van der Waals surface area contributed by atoms with Gasteiger partial charge >= 0.3 is 0 Å². The van der Waals surface area contributed by atoms with Crippen molar-refractivity contribution in [1.82, 2.24) is 15.5 Å². The lowest BCUT2D eigenvalue weighted by molar-refractivity contribution is -0.130. The van der Waals surface area contributed by atoms with Gasteiger partial charge in [0.25, 0.3) is 0 Å². The molecule has 2 aliphatic rings. The molecule has 0 radical (unpaired) electrons. The zero-order chi connectivity index (χ0) is 20.1. The molecule has 2 heterocycles. The quantitative estimate of drug-likeness (QED) is 0.365. The van der Waals surface area contributed by atoms with Gasteiger partial charge in [-0.2, -0.15) is 0 Å². The number of amides is 1. The van der Waals surface area contributed by atoms with Crippen molar-refractivity contribution in [3.63, 3.8) is 0 Å². The summed E-state index contributed by atoms with van der Waals surface area (Å²) in [5, 5.41) is 7.02. The number of hydrogen-bond acceptors (Lipinski definition) is 3. The number of fused-ring (bicyclic) bond motifs is 1. The van der Waals surface area contributed by atoms with Crippen molar-refractivity contribution in [2.75, 3.05) is 26.2 Å². The predicted octanol–water partition coefficient (Wildman–Crippen LogP) is 3.72. The minimum absolute atomic E-state index is 0. The monoisotopic (exact) mass is 514 g/mol. The Balaban J connectivity index is 0.00000300. The van der Waals surface area contributed by atoms with Crippen molar-refractivity contribution < 1.29 is 9.53 Å². The summed E-state index contributed by atoms with van der Waals surface area (Å²) < 4.78 is 6.14. The standard InChI is InChI=1S/C22H34N4O2.HI/c1-5-23-21(24-15-17-10-12-26(13-11-17)16(2)27)25-19-14-22(3,4)28-20-9-7-6-8-18(19)20;/h6-9,17,19H,5,10-15H2,1-4H3,(H2,23,24,25);1H. The molecular formula is C22H35IN4O2. The first kappa shape index (κ1) is 23.8. The molecule has 29 heavy (non-hydrogen) atoms. The fourth-order valence-electron chi connectivity index (χ4n) is 4.07. The Labute approximate surface area is 191 Å². The number of rotatable bonds is 4. The molecule has 0 aromatic heterocycles. The molecule has 0 spiro atoms. The lowest BCUT2D eigenvalue weighted by Gasteiger charge is -2.38. The number of ether oxygens (including phenoxy) is 1. The minimum Gasteiger partial charge on any atom is -0.487 e. The van der Waals surface area contributed by atoms with Crippen LogP contribution in [0.3, 0.4) is 0 Å². The molecular weight excluding hydrogens is 479 g/mol. The molecule has 6 nitrogen and oxygen atoms in total. The molecule has 1 aromatic rings. The van der Waals surface area contributed by atoms with E-state index < -0.39 is 0 Å². The second-order valence-electron chi connectivity index (χ2n) is 8.47. The molecule has 3 rings (SSSR count). The molecule has 1 amide bonds. The third-order valence-corrected chi connectivity index (χ3v) is 5.60. The number of nitrogens with one attached hydrogen (secondary N) is 2. The Morgan fingerprint density at radius 1 is 1.28 bits per heavy atom. The number of aliphatic imine (C=N–C) groups is 1. The van der Waals surface area contributed by atoms with Crippen LogP contribution in [0.4, 0.5) is 0 Å². The summed E-state index contributed by atoms with van der Waals surface area (Å²) in [6.07, 6.45) is 2.93. The van der Waals surface area contributed by atoms with E-state index in [1.54, 1.807) is 6.92 Å². The summed E-state index contributed by atoms with van der Waals surface area (Å²) in [5.74, 6) is 2.51. The second-order valence-corrected chi connectivity index (χ2v) is 8.47. The molecule has 0 aliphatic carbocycles. The van der Waals surface area contributed by atoms with E-state index in [1.165, 1.54) is 5.56 Å². The Morgan fingerprint density at radius 2 is 1.97 bits per heavy atom. The molecule has 162 valence electrons. The van der Waals surface area contributed by atoms with Crippen LogP contribution in [0.5, 0.6) is 5.75 Å². The first-order valence-corrected chi connectivity index (χ1v) is 10.5. The van der Waals surface area contributed by atoms with Crippen LogP contribution >= 0.6 is 24.0 Å². The van der Waals surface area contributed by atoms with Crippen LogP contribution in [-0.2, 0) is 4.79 Å². The average Bonchev–Trinajstić information content (AvgIpc) is 2.65. The van der Waals surface area contributed by atoms with Crippen molar-refractivity contribution in [2.45, 2.75) is 58.6 Å². The number of piperidine rings is 1. The fraction of sp³-hybridized carbons (Fsp3) is 0.636. The number of guanidine groups is 1. The topological polar surface area (TPSA) is 66.0 Å². The predicted molar refractivity (Wildman–Crippen MR) is 128 cm³/mol. The van der Waals surface area contributed by atoms with Crippen molar-refractivity contribution in [3.05, 3.63) is 29.8 Å². The molecule has 7 heteroatoms. The molecule has 1 atom stereocenters. The van der Waals surface area contributed by atoms with Gasteiger partial charge in [0, 0.05) is 45.1 Å². The zero-order valence-electron chi connectivity index (χ0n) is 18.0. The Kier molecular flexibility index (Phi) is 8.60. The van der Waals surface area contributed by atoms with Crippen LogP contribution in [0.25, 0.3) is 0 Å². The van der Waals surface area contributed by atoms with Gasteiger partial charge in [-0.25, -0.2) is 0 Å². The highest BCUT2D eigenvalue weighted by molar-refractivity contribution is 14.0. The van der Waals surface area contributed by atoms with Crippen LogP contribution in [0.15, 0.2) is 29.3 Å². The SMILES string of the molecule is CCNC(=NCC1CCN(C(C)=O)CC1)NC1CC(C)(C)Oc2ccccc21.I. The third-order valence-electron chi connectivity index (χ3n) is 5.60. The van der Waals surface area contributed by atoms with Crippen molar-refractivity contribution >= 4 is 35.8 Å². The molecule has 1 saturated heterocycles. The van der Waals surface area contributed by atoms with Gasteiger partial charge in [0.1, 0.15) is 11.4 Å². The van der Waals surface area contributed by atoms with E-state index in [0.29, 0.717) is 5.92 Å². The van der Waals surface area contributed by atoms with Gasteiger partial charge in [-0.3, -0.25) is 9.79 Å². The molecule has 2 aliphatic heterocycles. The Morgan fingerprint density at radius 3 is 2.62 bits per heavy atom. The van der Waals surface area contributed by atoms with E-state index in [-0.39, 0.29) is 41.5 Å². The highest BCUT2D eigenvalue weighted by atomic mass is 127. The van der Waals surface area contributed by atoms with E-state index in [1.807, 2.05) is 17.0 Å². The number of hydrogen-bond donors (Lipinski definition) is 2. The summed E-state index contributed by atoms with van der Waals surface area (Å²) >= 11 is 0. The van der Waals surface area contributed by atoms with Gasteiger partial charge < -0.3 is 20.3 Å². The van der Waals surface area contributed by atoms with Gasteiger partial charge in [0.2, 0.25) is 5.91 Å². The van der Waals surface area contributed by atoms with Crippen molar-refractivity contribution in [3.8, 4) is 5.75 Å². The number of nitrogens with zero attached hydrogens (tertiary/aromatic N) is 2. The maximum absolute atomic E-state index is 11.5.